The minimum absolute atomic E-state index is 0.0392. The molecular formula is C14H16BrN3. The molecule has 0 aliphatic heterocycles. The molecule has 0 fully saturated rings. The number of hydrogen-bond donors (Lipinski definition) is 1. The molecule has 1 aromatic heterocycles. The van der Waals surface area contributed by atoms with Crippen molar-refractivity contribution in [3.63, 3.8) is 0 Å². The zero-order valence-electron chi connectivity index (χ0n) is 10.7. The quantitative estimate of drug-likeness (QED) is 0.923. The lowest BCUT2D eigenvalue weighted by molar-refractivity contribution is 0.790. The first-order chi connectivity index (χ1) is 8.49. The summed E-state index contributed by atoms with van der Waals surface area (Å²) in [7, 11) is 0. The van der Waals surface area contributed by atoms with Crippen molar-refractivity contribution in [2.45, 2.75) is 26.8 Å². The molecule has 4 heteroatoms. The highest BCUT2D eigenvalue weighted by Gasteiger charge is 2.10. The van der Waals surface area contributed by atoms with Crippen molar-refractivity contribution in [2.24, 2.45) is 5.73 Å². The molecule has 1 atom stereocenters. The van der Waals surface area contributed by atoms with Gasteiger partial charge in [0.2, 0.25) is 0 Å². The topological polar surface area (TPSA) is 51.8 Å². The van der Waals surface area contributed by atoms with Crippen molar-refractivity contribution < 1.29 is 0 Å². The molecule has 0 amide bonds. The van der Waals surface area contributed by atoms with Crippen molar-refractivity contribution in [3.8, 4) is 11.4 Å². The Morgan fingerprint density at radius 2 is 2.00 bits per heavy atom. The zero-order valence-corrected chi connectivity index (χ0v) is 12.3. The first-order valence-electron chi connectivity index (χ1n) is 5.84. The van der Waals surface area contributed by atoms with E-state index in [-0.39, 0.29) is 6.04 Å². The third kappa shape index (κ3) is 2.60. The Bertz CT molecular complexity index is 579. The number of nitrogens with two attached hydrogens (primary N) is 1. The van der Waals surface area contributed by atoms with Crippen LogP contribution in [0.2, 0.25) is 0 Å². The monoisotopic (exact) mass is 305 g/mol. The zero-order chi connectivity index (χ0) is 13.3. The summed E-state index contributed by atoms with van der Waals surface area (Å²) in [6, 6.07) is 6.07. The van der Waals surface area contributed by atoms with Gasteiger partial charge in [-0.1, -0.05) is 22.0 Å². The molecule has 0 aliphatic carbocycles. The molecule has 0 saturated heterocycles. The molecule has 0 bridgehead atoms. The number of aryl methyl sites for hydroxylation is 2. The summed E-state index contributed by atoms with van der Waals surface area (Å²) in [5.41, 5.74) is 10.0. The molecule has 0 saturated carbocycles. The average molecular weight is 306 g/mol. The van der Waals surface area contributed by atoms with E-state index in [4.69, 9.17) is 5.73 Å². The minimum Gasteiger partial charge on any atom is -0.324 e. The predicted molar refractivity (Wildman–Crippen MR) is 77.2 cm³/mol. The number of hydrogen-bond acceptors (Lipinski definition) is 3. The molecule has 0 aliphatic rings. The van der Waals surface area contributed by atoms with Crippen molar-refractivity contribution in [1.82, 2.24) is 9.97 Å². The van der Waals surface area contributed by atoms with E-state index >= 15 is 0 Å². The molecule has 0 unspecified atom stereocenters. The third-order valence-electron chi connectivity index (χ3n) is 2.95. The summed E-state index contributed by atoms with van der Waals surface area (Å²) in [6.45, 7) is 5.97. The molecule has 0 spiro atoms. The first-order valence-corrected chi connectivity index (χ1v) is 6.64. The molecule has 3 nitrogen and oxygen atoms in total. The summed E-state index contributed by atoms with van der Waals surface area (Å²) in [4.78, 5) is 8.98. The van der Waals surface area contributed by atoms with E-state index in [1.165, 1.54) is 0 Å². The lowest BCUT2D eigenvalue weighted by Gasteiger charge is -2.11. The summed E-state index contributed by atoms with van der Waals surface area (Å²) in [5, 5.41) is 0. The Morgan fingerprint density at radius 3 is 2.61 bits per heavy atom. The largest absolute Gasteiger partial charge is 0.324 e. The Labute approximate surface area is 116 Å². The molecule has 94 valence electrons. The van der Waals surface area contributed by atoms with E-state index < -0.39 is 0 Å². The van der Waals surface area contributed by atoms with Gasteiger partial charge in [0.25, 0.3) is 0 Å². The van der Waals surface area contributed by atoms with Crippen LogP contribution in [0.3, 0.4) is 0 Å². The van der Waals surface area contributed by atoms with Crippen LogP contribution in [0.15, 0.2) is 28.9 Å². The van der Waals surface area contributed by atoms with Crippen molar-refractivity contribution in [3.05, 3.63) is 45.7 Å². The normalized spacial score (nSPS) is 12.5. The summed E-state index contributed by atoms with van der Waals surface area (Å²) >= 11 is 3.47. The van der Waals surface area contributed by atoms with Crippen LogP contribution in [0.4, 0.5) is 0 Å². The van der Waals surface area contributed by atoms with Gasteiger partial charge >= 0.3 is 0 Å². The van der Waals surface area contributed by atoms with Crippen LogP contribution < -0.4 is 5.73 Å². The fourth-order valence-corrected chi connectivity index (χ4v) is 2.25. The van der Waals surface area contributed by atoms with Gasteiger partial charge in [0.15, 0.2) is 5.82 Å². The number of nitrogens with zero attached hydrogens (tertiary/aromatic N) is 2. The highest BCUT2D eigenvalue weighted by molar-refractivity contribution is 9.10. The number of rotatable bonds is 2. The molecule has 2 rings (SSSR count). The van der Waals surface area contributed by atoms with Gasteiger partial charge in [0.1, 0.15) is 0 Å². The smallest absolute Gasteiger partial charge is 0.159 e. The highest BCUT2D eigenvalue weighted by Crippen LogP contribution is 2.25. The third-order valence-corrected chi connectivity index (χ3v) is 3.44. The van der Waals surface area contributed by atoms with Crippen LogP contribution in [-0.4, -0.2) is 9.97 Å². The molecule has 2 N–H and O–H groups in total. The fraction of sp³-hybridized carbons (Fsp3) is 0.286. The summed E-state index contributed by atoms with van der Waals surface area (Å²) in [6.07, 6.45) is 1.82. The SMILES string of the molecule is Cc1ccc(Br)cc1-c1ncc([C@H](C)N)c(C)n1. The standard InChI is InChI=1S/C14H16BrN3/c1-8-4-5-11(15)6-12(8)14-17-7-13(9(2)16)10(3)18-14/h4-7,9H,16H2,1-3H3/t9-/m0/s1. The molecule has 1 aromatic carbocycles. The van der Waals surface area contributed by atoms with E-state index in [1.54, 1.807) is 0 Å². The van der Waals surface area contributed by atoms with Gasteiger partial charge in [-0.2, -0.15) is 0 Å². The molecule has 2 aromatic rings. The van der Waals surface area contributed by atoms with E-state index in [0.29, 0.717) is 0 Å². The van der Waals surface area contributed by atoms with Crippen LogP contribution in [0.5, 0.6) is 0 Å². The molecule has 18 heavy (non-hydrogen) atoms. The van der Waals surface area contributed by atoms with Gasteiger partial charge in [-0.15, -0.1) is 0 Å². The Kier molecular flexibility index (Phi) is 3.78. The first kappa shape index (κ1) is 13.2. The number of benzene rings is 1. The lowest BCUT2D eigenvalue weighted by Crippen LogP contribution is -2.09. The van der Waals surface area contributed by atoms with Gasteiger partial charge in [-0.05, 0) is 38.5 Å². The van der Waals surface area contributed by atoms with Crippen LogP contribution in [0.1, 0.15) is 29.8 Å². The van der Waals surface area contributed by atoms with Crippen molar-refractivity contribution in [1.29, 1.82) is 0 Å². The second-order valence-electron chi connectivity index (χ2n) is 4.48. The number of halogens is 1. The van der Waals surface area contributed by atoms with Gasteiger partial charge in [-0.25, -0.2) is 9.97 Å². The average Bonchev–Trinajstić information content (AvgIpc) is 2.31. The van der Waals surface area contributed by atoms with Crippen molar-refractivity contribution >= 4 is 15.9 Å². The maximum Gasteiger partial charge on any atom is 0.159 e. The predicted octanol–water partition coefficient (Wildman–Crippen LogP) is 3.54. The van der Waals surface area contributed by atoms with Crippen LogP contribution in [-0.2, 0) is 0 Å². The van der Waals surface area contributed by atoms with Gasteiger partial charge < -0.3 is 5.73 Å². The van der Waals surface area contributed by atoms with Crippen LogP contribution in [0.25, 0.3) is 11.4 Å². The molecule has 0 radical (unpaired) electrons. The Balaban J connectivity index is 2.52. The number of aromatic nitrogens is 2. The van der Waals surface area contributed by atoms with Crippen LogP contribution >= 0.6 is 15.9 Å². The van der Waals surface area contributed by atoms with Gasteiger partial charge in [0, 0.05) is 33.5 Å². The fourth-order valence-electron chi connectivity index (χ4n) is 1.89. The molecular weight excluding hydrogens is 290 g/mol. The summed E-state index contributed by atoms with van der Waals surface area (Å²) < 4.78 is 1.03. The maximum atomic E-state index is 5.87. The van der Waals surface area contributed by atoms with E-state index in [0.717, 1.165) is 32.7 Å². The lowest BCUT2D eigenvalue weighted by atomic mass is 10.1. The van der Waals surface area contributed by atoms with Gasteiger partial charge in [-0.3, -0.25) is 0 Å². The van der Waals surface area contributed by atoms with E-state index in [9.17, 15) is 0 Å². The minimum atomic E-state index is -0.0392. The second-order valence-corrected chi connectivity index (χ2v) is 5.40. The molecule has 1 heterocycles. The Hall–Kier alpha value is -1.26. The van der Waals surface area contributed by atoms with E-state index in [1.807, 2.05) is 32.2 Å². The highest BCUT2D eigenvalue weighted by atomic mass is 79.9. The van der Waals surface area contributed by atoms with Crippen molar-refractivity contribution in [2.75, 3.05) is 0 Å². The maximum absolute atomic E-state index is 5.87. The summed E-state index contributed by atoms with van der Waals surface area (Å²) in [5.74, 6) is 0.746. The van der Waals surface area contributed by atoms with Crippen LogP contribution in [0, 0.1) is 13.8 Å². The Morgan fingerprint density at radius 1 is 1.28 bits per heavy atom. The van der Waals surface area contributed by atoms with E-state index in [2.05, 4.69) is 38.9 Å². The van der Waals surface area contributed by atoms with Gasteiger partial charge in [0.05, 0.1) is 0 Å². The second kappa shape index (κ2) is 5.16.